The second kappa shape index (κ2) is 14.1. The summed E-state index contributed by atoms with van der Waals surface area (Å²) in [6.45, 7) is 1.13. The van der Waals surface area contributed by atoms with Crippen LogP contribution in [-0.2, 0) is 0 Å². The molecule has 0 radical (unpaired) electrons. The van der Waals surface area contributed by atoms with E-state index < -0.39 is 0 Å². The van der Waals surface area contributed by atoms with Gasteiger partial charge >= 0.3 is 0 Å². The van der Waals surface area contributed by atoms with E-state index in [1.807, 2.05) is 99.0 Å². The molecule has 2 N–H and O–H groups in total. The Hall–Kier alpha value is -5.46. The molecule has 46 heavy (non-hydrogen) atoms. The molecule has 0 aliphatic heterocycles. The Labute approximate surface area is 274 Å². The molecule has 230 valence electrons. The van der Waals surface area contributed by atoms with Gasteiger partial charge in [0.1, 0.15) is 24.3 Å². The van der Waals surface area contributed by atoms with Crippen molar-refractivity contribution in [3.05, 3.63) is 108 Å². The average molecular weight is 652 g/mol. The fraction of sp³-hybridized carbons (Fsp3) is 0.125. The van der Waals surface area contributed by atoms with E-state index in [0.717, 1.165) is 33.2 Å². The Morgan fingerprint density at radius 2 is 1.04 bits per heavy atom. The summed E-state index contributed by atoms with van der Waals surface area (Å²) in [5.74, 6) is 1.30. The first kappa shape index (κ1) is 30.6. The second-order valence-corrected chi connectivity index (χ2v) is 11.1. The van der Waals surface area contributed by atoms with Crippen molar-refractivity contribution in [2.75, 3.05) is 37.8 Å². The van der Waals surface area contributed by atoms with Gasteiger partial charge in [-0.05, 0) is 72.8 Å². The van der Waals surface area contributed by atoms with Gasteiger partial charge < -0.3 is 10.6 Å². The molecule has 0 bridgehead atoms. The Morgan fingerprint density at radius 1 is 0.587 bits per heavy atom. The number of rotatable bonds is 11. The Morgan fingerprint density at radius 3 is 1.48 bits per heavy atom. The maximum absolute atomic E-state index is 6.14. The average Bonchev–Trinajstić information content (AvgIpc) is 3.06. The lowest BCUT2D eigenvalue weighted by atomic mass is 10.2. The smallest absolute Gasteiger partial charge is 0.141 e. The maximum atomic E-state index is 6.14. The molecule has 0 aliphatic carbocycles. The van der Waals surface area contributed by atoms with Gasteiger partial charge in [0.05, 0.1) is 35.5 Å². The van der Waals surface area contributed by atoms with Crippen LogP contribution in [0.2, 0.25) is 10.0 Å². The fourth-order valence-corrected chi connectivity index (χ4v) is 4.83. The molecule has 0 aliphatic rings. The van der Waals surface area contributed by atoms with Crippen LogP contribution in [0.5, 0.6) is 0 Å². The molecular weight excluding hydrogens is 623 g/mol. The van der Waals surface area contributed by atoms with Crippen molar-refractivity contribution in [2.24, 2.45) is 20.7 Å². The van der Waals surface area contributed by atoms with Crippen molar-refractivity contribution in [3.8, 4) is 0 Å². The van der Waals surface area contributed by atoms with E-state index in [9.17, 15) is 0 Å². The molecule has 0 fully saturated rings. The van der Waals surface area contributed by atoms with Gasteiger partial charge in [0.15, 0.2) is 0 Å². The van der Waals surface area contributed by atoms with Gasteiger partial charge in [-0.25, -0.2) is 19.9 Å². The fourth-order valence-electron chi connectivity index (χ4n) is 4.45. The van der Waals surface area contributed by atoms with E-state index in [-0.39, 0.29) is 0 Å². The third-order valence-corrected chi connectivity index (χ3v) is 7.26. The predicted octanol–water partition coefficient (Wildman–Crippen LogP) is 8.93. The van der Waals surface area contributed by atoms with Crippen LogP contribution in [0.4, 0.5) is 34.4 Å². The van der Waals surface area contributed by atoms with Crippen molar-refractivity contribution in [3.63, 3.8) is 0 Å². The maximum Gasteiger partial charge on any atom is 0.141 e. The molecule has 4 aromatic carbocycles. The van der Waals surface area contributed by atoms with Gasteiger partial charge in [-0.1, -0.05) is 45.8 Å². The Kier molecular flexibility index (Phi) is 9.37. The summed E-state index contributed by atoms with van der Waals surface area (Å²) in [5.41, 5.74) is 4.55. The summed E-state index contributed by atoms with van der Waals surface area (Å²) < 4.78 is 0. The second-order valence-electron chi connectivity index (χ2n) is 10.3. The van der Waals surface area contributed by atoms with E-state index in [1.54, 1.807) is 10.0 Å². The van der Waals surface area contributed by atoms with Crippen LogP contribution in [0.3, 0.4) is 0 Å². The Bertz CT molecular complexity index is 1910. The van der Waals surface area contributed by atoms with Crippen molar-refractivity contribution >= 4 is 79.4 Å². The van der Waals surface area contributed by atoms with Crippen LogP contribution >= 0.6 is 23.2 Å². The van der Waals surface area contributed by atoms with E-state index in [1.165, 1.54) is 12.7 Å². The van der Waals surface area contributed by atoms with Crippen LogP contribution in [0.1, 0.15) is 0 Å². The molecule has 0 saturated carbocycles. The number of likely N-dealkylation sites (N-methyl/N-ethyl adjacent to an activating group) is 2. The number of fused-ring (bicyclic) bond motifs is 2. The molecule has 0 amide bonds. The van der Waals surface area contributed by atoms with Crippen LogP contribution in [0.15, 0.2) is 118 Å². The number of nitrogens with one attached hydrogen (secondary N) is 2. The Balaban J connectivity index is 1.07. The highest BCUT2D eigenvalue weighted by atomic mass is 35.5. The summed E-state index contributed by atoms with van der Waals surface area (Å²) in [4.78, 5) is 17.5. The number of benzene rings is 4. The van der Waals surface area contributed by atoms with E-state index in [0.29, 0.717) is 46.1 Å². The first-order chi connectivity index (χ1) is 22.4. The van der Waals surface area contributed by atoms with Gasteiger partial charge in [-0.3, -0.25) is 10.0 Å². The zero-order valence-electron chi connectivity index (χ0n) is 24.9. The largest absolute Gasteiger partial charge is 0.340 e. The predicted molar refractivity (Wildman–Crippen MR) is 183 cm³/mol. The molecule has 0 saturated heterocycles. The molecule has 14 heteroatoms. The molecular formula is C32H28Cl2N12. The van der Waals surface area contributed by atoms with E-state index in [4.69, 9.17) is 23.2 Å². The SMILES string of the molecule is CN(CCN(C)N=Nc1ccc2ncnc(Nc3cccc(Cl)c3)c2c1)N=Nc1ccc2ncnc(Nc3cccc(Cl)c3)c2c1. The van der Waals surface area contributed by atoms with Crippen LogP contribution in [-0.4, -0.2) is 57.1 Å². The van der Waals surface area contributed by atoms with Crippen LogP contribution in [0, 0.1) is 0 Å². The number of hydrogen-bond acceptors (Lipinski definition) is 10. The third kappa shape index (κ3) is 7.78. The lowest BCUT2D eigenvalue weighted by Crippen LogP contribution is -2.24. The summed E-state index contributed by atoms with van der Waals surface area (Å²) >= 11 is 12.3. The standard InChI is InChI=1S/C32H28Cl2N12/c1-45(43-41-25-9-11-29-27(17-25)31(37-19-35-29)39-23-7-3-5-21(33)15-23)13-14-46(2)44-42-26-10-12-30-28(18-26)32(38-20-36-30)40-24-8-4-6-22(34)16-24/h3-12,15-20H,13-14H2,1-2H3,(H,35,37,39)(H,36,38,40). The van der Waals surface area contributed by atoms with E-state index >= 15 is 0 Å². The number of halogens is 2. The molecule has 12 nitrogen and oxygen atoms in total. The minimum atomic E-state index is 0.566. The lowest BCUT2D eigenvalue weighted by molar-refractivity contribution is 0.252. The number of anilines is 4. The highest BCUT2D eigenvalue weighted by molar-refractivity contribution is 6.31. The summed E-state index contributed by atoms with van der Waals surface area (Å²) in [7, 11) is 3.70. The van der Waals surface area contributed by atoms with Crippen molar-refractivity contribution in [1.29, 1.82) is 0 Å². The molecule has 2 heterocycles. The van der Waals surface area contributed by atoms with Gasteiger partial charge in [-0.15, -0.1) is 10.2 Å². The third-order valence-electron chi connectivity index (χ3n) is 6.79. The summed E-state index contributed by atoms with van der Waals surface area (Å²) in [6, 6.07) is 26.2. The van der Waals surface area contributed by atoms with Gasteiger partial charge in [-0.2, -0.15) is 0 Å². The molecule has 6 rings (SSSR count). The zero-order valence-corrected chi connectivity index (χ0v) is 26.4. The van der Waals surface area contributed by atoms with Crippen LogP contribution < -0.4 is 10.6 Å². The van der Waals surface area contributed by atoms with Gasteiger partial charge in [0, 0.05) is 46.3 Å². The summed E-state index contributed by atoms with van der Waals surface area (Å²) in [5, 5.41) is 30.5. The van der Waals surface area contributed by atoms with Crippen LogP contribution in [0.25, 0.3) is 21.8 Å². The highest BCUT2D eigenvalue weighted by Gasteiger charge is 2.08. The van der Waals surface area contributed by atoms with Crippen molar-refractivity contribution < 1.29 is 0 Å². The highest BCUT2D eigenvalue weighted by Crippen LogP contribution is 2.29. The molecule has 0 spiro atoms. The molecule has 0 unspecified atom stereocenters. The molecule has 6 aromatic rings. The molecule has 2 aromatic heterocycles. The molecule has 0 atom stereocenters. The quantitative estimate of drug-likeness (QED) is 0.105. The minimum absolute atomic E-state index is 0.566. The first-order valence-electron chi connectivity index (χ1n) is 14.2. The van der Waals surface area contributed by atoms with Gasteiger partial charge in [0.25, 0.3) is 0 Å². The topological polar surface area (TPSA) is 132 Å². The number of nitrogens with zero attached hydrogens (tertiary/aromatic N) is 10. The first-order valence-corrected chi connectivity index (χ1v) is 15.0. The van der Waals surface area contributed by atoms with Crippen molar-refractivity contribution in [1.82, 2.24) is 30.0 Å². The van der Waals surface area contributed by atoms with E-state index in [2.05, 4.69) is 51.2 Å². The normalized spacial score (nSPS) is 11.5. The van der Waals surface area contributed by atoms with Gasteiger partial charge in [0.2, 0.25) is 0 Å². The number of hydrogen-bond donors (Lipinski definition) is 2. The minimum Gasteiger partial charge on any atom is -0.340 e. The number of aromatic nitrogens is 4. The summed E-state index contributed by atoms with van der Waals surface area (Å²) in [6.07, 6.45) is 3.03. The lowest BCUT2D eigenvalue weighted by Gasteiger charge is -2.15. The zero-order chi connectivity index (χ0) is 31.9. The monoisotopic (exact) mass is 650 g/mol. The van der Waals surface area contributed by atoms with Crippen molar-refractivity contribution in [2.45, 2.75) is 0 Å².